The monoisotopic (exact) mass is 158 g/mol. The third-order valence-corrected chi connectivity index (χ3v) is 2.32. The van der Waals surface area contributed by atoms with Gasteiger partial charge in [0.2, 0.25) is 0 Å². The highest BCUT2D eigenvalue weighted by molar-refractivity contribution is 4.59. The quantitative estimate of drug-likeness (QED) is 0.554. The summed E-state index contributed by atoms with van der Waals surface area (Å²) in [6, 6.07) is 0. The van der Waals surface area contributed by atoms with Crippen LogP contribution in [0.5, 0.6) is 0 Å². The first kappa shape index (κ1) is 11.0. The highest BCUT2D eigenvalue weighted by atomic mass is 15.3. The summed E-state index contributed by atoms with van der Waals surface area (Å²) in [7, 11) is 4.59. The van der Waals surface area contributed by atoms with E-state index >= 15 is 0 Å². The van der Waals surface area contributed by atoms with Gasteiger partial charge in [0.1, 0.15) is 0 Å². The fourth-order valence-corrected chi connectivity index (χ4v) is 0.796. The fraction of sp³-hybridized carbons (Fsp3) is 1.00. The van der Waals surface area contributed by atoms with E-state index in [0.717, 1.165) is 4.48 Å². The maximum Gasteiger partial charge on any atom is 0.0787 e. The molecule has 0 atom stereocenters. The SMILES string of the molecule is CC[N+](C)(C)CCC(C)(C)C. The molecule has 0 saturated heterocycles. The van der Waals surface area contributed by atoms with Gasteiger partial charge in [-0.3, -0.25) is 0 Å². The van der Waals surface area contributed by atoms with Gasteiger partial charge in [-0.05, 0) is 12.3 Å². The Hall–Kier alpha value is -0.0400. The van der Waals surface area contributed by atoms with E-state index < -0.39 is 0 Å². The second-order valence-corrected chi connectivity index (χ2v) is 5.29. The largest absolute Gasteiger partial charge is 0.329 e. The molecule has 0 aromatic rings. The van der Waals surface area contributed by atoms with Crippen molar-refractivity contribution in [1.82, 2.24) is 0 Å². The van der Waals surface area contributed by atoms with Gasteiger partial charge in [0.15, 0.2) is 0 Å². The van der Waals surface area contributed by atoms with Gasteiger partial charge in [-0.1, -0.05) is 20.8 Å². The first-order chi connectivity index (χ1) is 4.77. The Morgan fingerprint density at radius 2 is 1.55 bits per heavy atom. The molecule has 0 aliphatic heterocycles. The summed E-state index contributed by atoms with van der Waals surface area (Å²) in [5.41, 5.74) is 0.491. The zero-order valence-electron chi connectivity index (χ0n) is 9.07. The average Bonchev–Trinajstić information content (AvgIpc) is 1.83. The van der Waals surface area contributed by atoms with Gasteiger partial charge in [0.25, 0.3) is 0 Å². The predicted octanol–water partition coefficient (Wildman–Crippen LogP) is 2.52. The minimum absolute atomic E-state index is 0.491. The lowest BCUT2D eigenvalue weighted by molar-refractivity contribution is -0.889. The standard InChI is InChI=1S/C10H24N/c1-7-11(5,6)9-8-10(2,3)4/h7-9H2,1-6H3/q+1. The molecule has 0 aliphatic rings. The van der Waals surface area contributed by atoms with Crippen molar-refractivity contribution in [1.29, 1.82) is 0 Å². The Morgan fingerprint density at radius 3 is 1.82 bits per heavy atom. The van der Waals surface area contributed by atoms with Crippen LogP contribution in [-0.2, 0) is 0 Å². The Balaban J connectivity index is 3.70. The molecular weight excluding hydrogens is 134 g/mol. The molecule has 0 amide bonds. The van der Waals surface area contributed by atoms with Crippen molar-refractivity contribution in [3.8, 4) is 0 Å². The molecule has 0 rings (SSSR count). The van der Waals surface area contributed by atoms with E-state index in [1.54, 1.807) is 0 Å². The molecule has 0 aromatic carbocycles. The lowest BCUT2D eigenvalue weighted by Gasteiger charge is -2.31. The van der Waals surface area contributed by atoms with Gasteiger partial charge in [0, 0.05) is 6.42 Å². The van der Waals surface area contributed by atoms with E-state index in [1.165, 1.54) is 19.5 Å². The van der Waals surface area contributed by atoms with Crippen molar-refractivity contribution in [2.45, 2.75) is 34.1 Å². The predicted molar refractivity (Wildman–Crippen MR) is 51.6 cm³/mol. The Morgan fingerprint density at radius 1 is 1.09 bits per heavy atom. The smallest absolute Gasteiger partial charge is 0.0787 e. The topological polar surface area (TPSA) is 0 Å². The molecule has 0 unspecified atom stereocenters. The Kier molecular flexibility index (Phi) is 3.56. The summed E-state index contributed by atoms with van der Waals surface area (Å²) in [6.07, 6.45) is 1.31. The van der Waals surface area contributed by atoms with Crippen LogP contribution in [0.4, 0.5) is 0 Å². The first-order valence-electron chi connectivity index (χ1n) is 4.59. The molecule has 0 radical (unpaired) electrons. The summed E-state index contributed by atoms with van der Waals surface area (Å²) in [5.74, 6) is 0. The van der Waals surface area contributed by atoms with E-state index in [1.807, 2.05) is 0 Å². The normalized spacial score (nSPS) is 13.6. The van der Waals surface area contributed by atoms with Crippen LogP contribution in [0.3, 0.4) is 0 Å². The van der Waals surface area contributed by atoms with Gasteiger partial charge >= 0.3 is 0 Å². The van der Waals surface area contributed by atoms with E-state index in [-0.39, 0.29) is 0 Å². The van der Waals surface area contributed by atoms with Crippen molar-refractivity contribution in [2.75, 3.05) is 27.2 Å². The van der Waals surface area contributed by atoms with Crippen molar-refractivity contribution in [3.63, 3.8) is 0 Å². The highest BCUT2D eigenvalue weighted by Crippen LogP contribution is 2.19. The van der Waals surface area contributed by atoms with Crippen LogP contribution in [-0.4, -0.2) is 31.7 Å². The lowest BCUT2D eigenvalue weighted by Crippen LogP contribution is -2.41. The van der Waals surface area contributed by atoms with Crippen LogP contribution < -0.4 is 0 Å². The summed E-state index contributed by atoms with van der Waals surface area (Å²) in [6.45, 7) is 11.7. The molecule has 0 N–H and O–H groups in total. The number of rotatable bonds is 3. The highest BCUT2D eigenvalue weighted by Gasteiger charge is 2.17. The molecule has 0 bridgehead atoms. The lowest BCUT2D eigenvalue weighted by atomic mass is 9.92. The molecule has 0 fully saturated rings. The maximum absolute atomic E-state index is 2.31. The third kappa shape index (κ3) is 6.36. The van der Waals surface area contributed by atoms with Gasteiger partial charge < -0.3 is 4.48 Å². The van der Waals surface area contributed by atoms with Gasteiger partial charge in [0.05, 0.1) is 27.2 Å². The third-order valence-electron chi connectivity index (χ3n) is 2.32. The van der Waals surface area contributed by atoms with Gasteiger partial charge in [-0.15, -0.1) is 0 Å². The van der Waals surface area contributed by atoms with Crippen LogP contribution in [0.25, 0.3) is 0 Å². The van der Waals surface area contributed by atoms with Gasteiger partial charge in [-0.25, -0.2) is 0 Å². The molecule has 0 aromatic heterocycles. The molecule has 1 heteroatoms. The molecule has 11 heavy (non-hydrogen) atoms. The summed E-state index contributed by atoms with van der Waals surface area (Å²) >= 11 is 0. The number of nitrogens with zero attached hydrogens (tertiary/aromatic N) is 1. The van der Waals surface area contributed by atoms with E-state index in [9.17, 15) is 0 Å². The molecule has 0 saturated carbocycles. The van der Waals surface area contributed by atoms with Crippen LogP contribution in [0.15, 0.2) is 0 Å². The summed E-state index contributed by atoms with van der Waals surface area (Å²) in [4.78, 5) is 0. The minimum Gasteiger partial charge on any atom is -0.329 e. The molecule has 0 heterocycles. The number of hydrogen-bond acceptors (Lipinski definition) is 0. The van der Waals surface area contributed by atoms with Crippen molar-refractivity contribution in [2.24, 2.45) is 5.41 Å². The van der Waals surface area contributed by atoms with Crippen LogP contribution >= 0.6 is 0 Å². The van der Waals surface area contributed by atoms with E-state index in [4.69, 9.17) is 0 Å². The fourth-order valence-electron chi connectivity index (χ4n) is 0.796. The van der Waals surface area contributed by atoms with Crippen LogP contribution in [0, 0.1) is 5.41 Å². The molecule has 0 aliphatic carbocycles. The zero-order chi connectivity index (χ0) is 9.12. The van der Waals surface area contributed by atoms with Crippen LogP contribution in [0.2, 0.25) is 0 Å². The average molecular weight is 158 g/mol. The maximum atomic E-state index is 2.31. The summed E-state index contributed by atoms with van der Waals surface area (Å²) < 4.78 is 1.15. The van der Waals surface area contributed by atoms with Crippen LogP contribution in [0.1, 0.15) is 34.1 Å². The van der Waals surface area contributed by atoms with Crippen molar-refractivity contribution >= 4 is 0 Å². The molecule has 1 nitrogen and oxygen atoms in total. The molecule has 0 spiro atoms. The molecule has 68 valence electrons. The minimum atomic E-state index is 0.491. The first-order valence-corrected chi connectivity index (χ1v) is 4.59. The Labute approximate surface area is 72.0 Å². The Bertz CT molecular complexity index is 109. The van der Waals surface area contributed by atoms with Gasteiger partial charge in [-0.2, -0.15) is 0 Å². The molecular formula is C10H24N+. The van der Waals surface area contributed by atoms with Crippen molar-refractivity contribution < 1.29 is 4.48 Å². The summed E-state index contributed by atoms with van der Waals surface area (Å²) in [5, 5.41) is 0. The number of hydrogen-bond donors (Lipinski definition) is 0. The van der Waals surface area contributed by atoms with E-state index in [0.29, 0.717) is 5.41 Å². The zero-order valence-corrected chi connectivity index (χ0v) is 9.07. The van der Waals surface area contributed by atoms with E-state index in [2.05, 4.69) is 41.8 Å². The number of quaternary nitrogens is 1. The second-order valence-electron chi connectivity index (χ2n) is 5.29. The second kappa shape index (κ2) is 3.57. The van der Waals surface area contributed by atoms with Crippen molar-refractivity contribution in [3.05, 3.63) is 0 Å².